The van der Waals surface area contributed by atoms with Crippen LogP contribution in [0.15, 0.2) is 60.9 Å². The molecule has 1 aromatic heterocycles. The molecule has 0 bridgehead atoms. The van der Waals surface area contributed by atoms with Crippen LogP contribution in [0.25, 0.3) is 0 Å². The van der Waals surface area contributed by atoms with Crippen molar-refractivity contribution in [1.29, 1.82) is 0 Å². The summed E-state index contributed by atoms with van der Waals surface area (Å²) >= 11 is 0. The number of amides is 2. The summed E-state index contributed by atoms with van der Waals surface area (Å²) in [7, 11) is -3.93. The Morgan fingerprint density at radius 1 is 0.946 bits per heavy atom. The average Bonchev–Trinajstić information content (AvgIpc) is 2.87. The predicted molar refractivity (Wildman–Crippen MR) is 144 cm³/mol. The number of aromatic nitrogens is 2. The molecule has 0 saturated carbocycles. The number of anilines is 4. The van der Waals surface area contributed by atoms with E-state index in [-0.39, 0.29) is 11.8 Å². The largest absolute Gasteiger partial charge is 0.324 e. The number of hydrogen-bond donors (Lipinski definition) is 4. The lowest BCUT2D eigenvalue weighted by atomic mass is 10.1. The molecule has 196 valence electrons. The molecular formula is C25H31N7O4S. The summed E-state index contributed by atoms with van der Waals surface area (Å²) in [5.74, 6) is 0.242. The predicted octanol–water partition coefficient (Wildman–Crippen LogP) is 3.18. The maximum absolute atomic E-state index is 12.6. The second kappa shape index (κ2) is 12.1. The molecular weight excluding hydrogens is 494 g/mol. The number of piperazine rings is 1. The Hall–Kier alpha value is -3.58. The van der Waals surface area contributed by atoms with Crippen molar-refractivity contribution < 1.29 is 17.8 Å². The minimum absolute atomic E-state index is 0.236. The molecule has 4 N–H and O–H groups in total. The normalized spacial score (nSPS) is 14.8. The zero-order chi connectivity index (χ0) is 26.3. The molecule has 0 spiro atoms. The van der Waals surface area contributed by atoms with Gasteiger partial charge in [0.05, 0.1) is 5.75 Å². The SMILES string of the molecule is Cc1ccc(NC(=O)Nc2ccc(CN3CCN(CCS(=O)(=O)O)CC3)cc2)cc1Nc1ncccn1. The Labute approximate surface area is 216 Å². The van der Waals surface area contributed by atoms with Crippen LogP contribution in [0, 0.1) is 6.92 Å². The van der Waals surface area contributed by atoms with E-state index in [1.54, 1.807) is 18.5 Å². The number of urea groups is 1. The number of nitrogens with zero attached hydrogens (tertiary/aromatic N) is 4. The highest BCUT2D eigenvalue weighted by atomic mass is 32.2. The minimum atomic E-state index is -3.93. The van der Waals surface area contributed by atoms with Gasteiger partial charge < -0.3 is 16.0 Å². The van der Waals surface area contributed by atoms with E-state index in [1.807, 2.05) is 54.3 Å². The van der Waals surface area contributed by atoms with Crippen molar-refractivity contribution in [3.05, 3.63) is 72.1 Å². The van der Waals surface area contributed by atoms with Crippen LogP contribution >= 0.6 is 0 Å². The molecule has 1 aliphatic heterocycles. The van der Waals surface area contributed by atoms with E-state index in [2.05, 4.69) is 30.8 Å². The first kappa shape index (κ1) is 26.5. The van der Waals surface area contributed by atoms with Gasteiger partial charge in [-0.3, -0.25) is 14.4 Å². The molecule has 3 aromatic rings. The molecule has 2 amide bonds. The quantitative estimate of drug-likeness (QED) is 0.310. The van der Waals surface area contributed by atoms with Gasteiger partial charge >= 0.3 is 6.03 Å². The van der Waals surface area contributed by atoms with Crippen LogP contribution in [0.4, 0.5) is 27.8 Å². The fraction of sp³-hybridized carbons (Fsp3) is 0.320. The Morgan fingerprint density at radius 2 is 1.57 bits per heavy atom. The highest BCUT2D eigenvalue weighted by Crippen LogP contribution is 2.23. The van der Waals surface area contributed by atoms with E-state index in [9.17, 15) is 13.2 Å². The van der Waals surface area contributed by atoms with Crippen LogP contribution in [0.1, 0.15) is 11.1 Å². The molecule has 0 radical (unpaired) electrons. The van der Waals surface area contributed by atoms with Crippen molar-refractivity contribution in [2.24, 2.45) is 0 Å². The summed E-state index contributed by atoms with van der Waals surface area (Å²) in [6.07, 6.45) is 3.31. The smallest absolute Gasteiger partial charge is 0.323 e. The summed E-state index contributed by atoms with van der Waals surface area (Å²) in [5.41, 5.74) is 4.23. The highest BCUT2D eigenvalue weighted by molar-refractivity contribution is 7.85. The molecule has 2 heterocycles. The Kier molecular flexibility index (Phi) is 8.66. The van der Waals surface area contributed by atoms with Crippen molar-refractivity contribution in [2.75, 3.05) is 54.4 Å². The fourth-order valence-corrected chi connectivity index (χ4v) is 4.47. The van der Waals surface area contributed by atoms with Gasteiger partial charge in [0.25, 0.3) is 10.1 Å². The zero-order valence-corrected chi connectivity index (χ0v) is 21.4. The molecule has 0 aliphatic carbocycles. The first-order chi connectivity index (χ1) is 17.7. The van der Waals surface area contributed by atoms with Gasteiger partial charge in [0.15, 0.2) is 0 Å². The van der Waals surface area contributed by atoms with Crippen molar-refractivity contribution in [3.8, 4) is 0 Å². The lowest BCUT2D eigenvalue weighted by Gasteiger charge is -2.34. The Bertz CT molecular complexity index is 1300. The maximum atomic E-state index is 12.6. The van der Waals surface area contributed by atoms with Crippen molar-refractivity contribution >= 4 is 39.2 Å². The standard InChI is InChI=1S/C25H31N7O4S/c1-19-3-6-22(17-23(19)30-24-26-9-2-10-27-24)29-25(33)28-21-7-4-20(5-8-21)18-32-13-11-31(12-14-32)15-16-37(34,35)36/h2-10,17H,11-16,18H2,1H3,(H,26,27,30)(H2,28,29,33)(H,34,35,36). The van der Waals surface area contributed by atoms with Gasteiger partial charge in [-0.2, -0.15) is 8.42 Å². The molecule has 37 heavy (non-hydrogen) atoms. The van der Waals surface area contributed by atoms with Crippen LogP contribution in [-0.2, 0) is 16.7 Å². The van der Waals surface area contributed by atoms with Gasteiger partial charge in [-0.15, -0.1) is 0 Å². The fourth-order valence-electron chi connectivity index (χ4n) is 3.98. The number of carbonyl (C=O) groups excluding carboxylic acids is 1. The first-order valence-electron chi connectivity index (χ1n) is 11.9. The Morgan fingerprint density at radius 3 is 2.24 bits per heavy atom. The van der Waals surface area contributed by atoms with Crippen LogP contribution in [-0.4, -0.2) is 77.2 Å². The van der Waals surface area contributed by atoms with Crippen LogP contribution < -0.4 is 16.0 Å². The monoisotopic (exact) mass is 525 g/mol. The number of rotatable bonds is 9. The van der Waals surface area contributed by atoms with Crippen LogP contribution in [0.3, 0.4) is 0 Å². The third-order valence-electron chi connectivity index (χ3n) is 6.06. The summed E-state index contributed by atoms with van der Waals surface area (Å²) in [6, 6.07) is 14.7. The molecule has 1 saturated heterocycles. The number of carbonyl (C=O) groups is 1. The lowest BCUT2D eigenvalue weighted by molar-refractivity contribution is 0.132. The summed E-state index contributed by atoms with van der Waals surface area (Å²) < 4.78 is 30.8. The van der Waals surface area contributed by atoms with E-state index in [0.29, 0.717) is 23.9 Å². The third kappa shape index (κ3) is 8.50. The summed E-state index contributed by atoms with van der Waals surface area (Å²) in [6.45, 7) is 6.21. The zero-order valence-electron chi connectivity index (χ0n) is 20.6. The van der Waals surface area contributed by atoms with Crippen LogP contribution in [0.5, 0.6) is 0 Å². The number of hydrogen-bond acceptors (Lipinski definition) is 8. The Balaban J connectivity index is 1.25. The first-order valence-corrected chi connectivity index (χ1v) is 13.6. The van der Waals surface area contributed by atoms with Gasteiger partial charge in [0.2, 0.25) is 5.95 Å². The molecule has 11 nitrogen and oxygen atoms in total. The van der Waals surface area contributed by atoms with Crippen molar-refractivity contribution in [2.45, 2.75) is 13.5 Å². The minimum Gasteiger partial charge on any atom is -0.324 e. The highest BCUT2D eigenvalue weighted by Gasteiger charge is 2.18. The van der Waals surface area contributed by atoms with E-state index in [0.717, 1.165) is 49.5 Å². The second-order valence-corrected chi connectivity index (χ2v) is 10.5. The molecule has 12 heteroatoms. The van der Waals surface area contributed by atoms with Gasteiger partial charge in [0, 0.05) is 68.7 Å². The molecule has 1 fully saturated rings. The molecule has 2 aromatic carbocycles. The molecule has 1 aliphatic rings. The number of nitrogens with one attached hydrogen (secondary N) is 3. The average molecular weight is 526 g/mol. The van der Waals surface area contributed by atoms with E-state index < -0.39 is 10.1 Å². The van der Waals surface area contributed by atoms with Crippen LogP contribution in [0.2, 0.25) is 0 Å². The van der Waals surface area contributed by atoms with Gasteiger partial charge in [-0.25, -0.2) is 14.8 Å². The van der Waals surface area contributed by atoms with Gasteiger partial charge in [-0.05, 0) is 48.4 Å². The number of aryl methyl sites for hydroxylation is 1. The van der Waals surface area contributed by atoms with Gasteiger partial charge in [0.1, 0.15) is 0 Å². The number of benzene rings is 2. The van der Waals surface area contributed by atoms with E-state index >= 15 is 0 Å². The summed E-state index contributed by atoms with van der Waals surface area (Å²) in [5, 5.41) is 8.86. The topological polar surface area (TPSA) is 140 Å². The molecule has 0 unspecified atom stereocenters. The summed E-state index contributed by atoms with van der Waals surface area (Å²) in [4.78, 5) is 25.2. The van der Waals surface area contributed by atoms with E-state index in [4.69, 9.17) is 4.55 Å². The second-order valence-electron chi connectivity index (χ2n) is 8.91. The molecule has 4 rings (SSSR count). The van der Waals surface area contributed by atoms with Crippen molar-refractivity contribution in [1.82, 2.24) is 19.8 Å². The molecule has 0 atom stereocenters. The van der Waals surface area contributed by atoms with E-state index in [1.165, 1.54) is 0 Å². The lowest BCUT2D eigenvalue weighted by Crippen LogP contribution is -2.47. The van der Waals surface area contributed by atoms with Gasteiger partial charge in [-0.1, -0.05) is 18.2 Å². The maximum Gasteiger partial charge on any atom is 0.323 e. The third-order valence-corrected chi connectivity index (χ3v) is 6.75. The van der Waals surface area contributed by atoms with Crippen molar-refractivity contribution in [3.63, 3.8) is 0 Å².